The van der Waals surface area contributed by atoms with Crippen LogP contribution in [0.15, 0.2) is 76.0 Å². The first-order valence-electron chi connectivity index (χ1n) is 10.9. The van der Waals surface area contributed by atoms with Gasteiger partial charge in [-0.15, -0.1) is 5.10 Å². The Kier molecular flexibility index (Phi) is 5.21. The van der Waals surface area contributed by atoms with Gasteiger partial charge in [0.2, 0.25) is 16.7 Å². The summed E-state index contributed by atoms with van der Waals surface area (Å²) < 4.78 is 12.7. The maximum absolute atomic E-state index is 11.1. The number of hydrogen-bond acceptors (Lipinski definition) is 8. The number of aromatic nitrogens is 3. The zero-order valence-electron chi connectivity index (χ0n) is 17.9. The van der Waals surface area contributed by atoms with E-state index in [0.717, 1.165) is 43.4 Å². The molecule has 1 saturated heterocycles. The predicted octanol–water partition coefficient (Wildman–Crippen LogP) is 4.26. The quantitative estimate of drug-likeness (QED) is 0.405. The van der Waals surface area contributed by atoms with Gasteiger partial charge in [0.05, 0.1) is 17.4 Å². The van der Waals surface area contributed by atoms with Crippen LogP contribution in [0.3, 0.4) is 0 Å². The molecule has 8 nitrogen and oxygen atoms in total. The largest absolute Gasteiger partial charge is 0.492 e. The summed E-state index contributed by atoms with van der Waals surface area (Å²) in [5.41, 5.74) is 1.32. The summed E-state index contributed by atoms with van der Waals surface area (Å²) in [6, 6.07) is 17.8. The number of rotatable bonds is 6. The molecule has 0 unspecified atom stereocenters. The van der Waals surface area contributed by atoms with Crippen LogP contribution in [0.2, 0.25) is 0 Å². The van der Waals surface area contributed by atoms with Gasteiger partial charge in [-0.1, -0.05) is 41.7 Å². The molecule has 1 aliphatic rings. The third kappa shape index (κ3) is 3.84. The van der Waals surface area contributed by atoms with Crippen molar-refractivity contribution >= 4 is 16.3 Å². The molecule has 5 aromatic rings. The lowest BCUT2D eigenvalue weighted by atomic mass is 10.1. The van der Waals surface area contributed by atoms with E-state index in [9.17, 15) is 5.11 Å². The van der Waals surface area contributed by atoms with E-state index in [0.29, 0.717) is 16.5 Å². The Morgan fingerprint density at radius 3 is 2.42 bits per heavy atom. The summed E-state index contributed by atoms with van der Waals surface area (Å²) in [5.74, 6) is 1.92. The maximum atomic E-state index is 11.1. The number of piperazine rings is 1. The summed E-state index contributed by atoms with van der Waals surface area (Å²) in [6.07, 6.45) is 3.26. The molecule has 0 aliphatic carbocycles. The van der Waals surface area contributed by atoms with Gasteiger partial charge < -0.3 is 13.9 Å². The number of thiazole rings is 1. The number of fused-ring (bicyclic) bond motifs is 1. The minimum absolute atomic E-state index is 0.0911. The van der Waals surface area contributed by atoms with Crippen molar-refractivity contribution in [1.82, 2.24) is 24.4 Å². The molecule has 4 aromatic heterocycles. The highest BCUT2D eigenvalue weighted by Gasteiger charge is 2.33. The highest BCUT2D eigenvalue weighted by Crippen LogP contribution is 2.41. The molecular weight excluding hydrogens is 438 g/mol. The molecule has 33 heavy (non-hydrogen) atoms. The van der Waals surface area contributed by atoms with Crippen LogP contribution in [-0.4, -0.2) is 55.7 Å². The fourth-order valence-electron chi connectivity index (χ4n) is 4.38. The van der Waals surface area contributed by atoms with Crippen molar-refractivity contribution in [1.29, 1.82) is 0 Å². The number of hydrogen-bond donors (Lipinski definition) is 1. The molecule has 6 rings (SSSR count). The van der Waals surface area contributed by atoms with Crippen molar-refractivity contribution < 1.29 is 13.9 Å². The van der Waals surface area contributed by atoms with Gasteiger partial charge in [0.25, 0.3) is 0 Å². The summed E-state index contributed by atoms with van der Waals surface area (Å²) in [6.45, 7) is 4.55. The average Bonchev–Trinajstić information content (AvgIpc) is 3.64. The monoisotopic (exact) mass is 461 g/mol. The zero-order valence-corrected chi connectivity index (χ0v) is 18.7. The molecule has 1 atom stereocenters. The number of furan rings is 2. The Labute approximate surface area is 194 Å². The molecule has 9 heteroatoms. The first-order valence-corrected chi connectivity index (χ1v) is 11.7. The van der Waals surface area contributed by atoms with Gasteiger partial charge in [-0.05, 0) is 29.8 Å². The van der Waals surface area contributed by atoms with E-state index in [1.165, 1.54) is 21.4 Å². The molecule has 0 radical (unpaired) electrons. The maximum Gasteiger partial charge on any atom is 0.230 e. The van der Waals surface area contributed by atoms with Crippen molar-refractivity contribution in [2.75, 3.05) is 26.2 Å². The first-order chi connectivity index (χ1) is 16.3. The minimum atomic E-state index is -0.195. The van der Waals surface area contributed by atoms with Crippen molar-refractivity contribution in [3.63, 3.8) is 0 Å². The normalized spacial score (nSPS) is 16.5. The molecule has 1 aliphatic heterocycles. The predicted molar refractivity (Wildman–Crippen MR) is 124 cm³/mol. The van der Waals surface area contributed by atoms with Crippen LogP contribution >= 0.6 is 11.3 Å². The Hall–Kier alpha value is -3.40. The van der Waals surface area contributed by atoms with Crippen LogP contribution in [0.1, 0.15) is 22.2 Å². The lowest BCUT2D eigenvalue weighted by molar-refractivity contribution is 0.0970. The SMILES string of the molecule is Oc1c([C@@H](c2ccco2)N2CCN(Cc3ccccc3)CC2)sc2nc(-c3ccco3)nn12. The van der Waals surface area contributed by atoms with E-state index in [1.807, 2.05) is 18.2 Å². The summed E-state index contributed by atoms with van der Waals surface area (Å²) >= 11 is 1.43. The number of benzene rings is 1. The second-order valence-electron chi connectivity index (χ2n) is 8.11. The Morgan fingerprint density at radius 2 is 1.73 bits per heavy atom. The Balaban J connectivity index is 1.26. The van der Waals surface area contributed by atoms with E-state index in [4.69, 9.17) is 8.83 Å². The second kappa shape index (κ2) is 8.51. The van der Waals surface area contributed by atoms with Gasteiger partial charge in [0.1, 0.15) is 11.8 Å². The molecule has 168 valence electrons. The van der Waals surface area contributed by atoms with Gasteiger partial charge in [-0.2, -0.15) is 9.50 Å². The summed E-state index contributed by atoms with van der Waals surface area (Å²) in [5, 5.41) is 15.6. The molecule has 0 spiro atoms. The average molecular weight is 462 g/mol. The van der Waals surface area contributed by atoms with E-state index >= 15 is 0 Å². The van der Waals surface area contributed by atoms with E-state index in [-0.39, 0.29) is 11.9 Å². The highest BCUT2D eigenvalue weighted by molar-refractivity contribution is 7.17. The Morgan fingerprint density at radius 1 is 0.939 bits per heavy atom. The number of aromatic hydroxyl groups is 1. The van der Waals surface area contributed by atoms with Crippen LogP contribution in [0, 0.1) is 0 Å². The molecule has 0 amide bonds. The first kappa shape index (κ1) is 20.2. The summed E-state index contributed by atoms with van der Waals surface area (Å²) in [7, 11) is 0. The second-order valence-corrected chi connectivity index (χ2v) is 9.12. The van der Waals surface area contributed by atoms with Gasteiger partial charge in [-0.25, -0.2) is 0 Å². The Bertz CT molecular complexity index is 1320. The fraction of sp³-hybridized carbons (Fsp3) is 0.250. The topological polar surface area (TPSA) is 83.2 Å². The van der Waals surface area contributed by atoms with Gasteiger partial charge >= 0.3 is 0 Å². The van der Waals surface area contributed by atoms with Crippen molar-refractivity contribution in [3.05, 3.63) is 83.3 Å². The standard InChI is InChI=1S/C24H23N5O3S/c30-23-21(33-24-25-22(26-29(23)24)19-9-5-15-32-19)20(18-8-4-14-31-18)28-12-10-27(11-13-28)16-17-6-2-1-3-7-17/h1-9,14-15,20,30H,10-13,16H2/t20-/m1/s1. The van der Waals surface area contributed by atoms with Crippen LogP contribution in [0.5, 0.6) is 5.88 Å². The van der Waals surface area contributed by atoms with Crippen molar-refractivity contribution in [2.45, 2.75) is 12.6 Å². The van der Waals surface area contributed by atoms with Gasteiger partial charge in [0, 0.05) is 32.7 Å². The van der Waals surface area contributed by atoms with E-state index in [1.54, 1.807) is 24.7 Å². The van der Waals surface area contributed by atoms with Crippen LogP contribution in [0.25, 0.3) is 16.5 Å². The number of nitrogens with zero attached hydrogens (tertiary/aromatic N) is 5. The van der Waals surface area contributed by atoms with Crippen molar-refractivity contribution in [3.8, 4) is 17.5 Å². The molecule has 0 saturated carbocycles. The highest BCUT2D eigenvalue weighted by atomic mass is 32.1. The summed E-state index contributed by atoms with van der Waals surface area (Å²) in [4.78, 5) is 10.8. The van der Waals surface area contributed by atoms with E-state index < -0.39 is 0 Å². The third-order valence-corrected chi connectivity index (χ3v) is 7.10. The van der Waals surface area contributed by atoms with E-state index in [2.05, 4.69) is 44.1 Å². The lowest BCUT2D eigenvalue weighted by Crippen LogP contribution is -2.47. The molecule has 1 aromatic carbocycles. The van der Waals surface area contributed by atoms with Gasteiger partial charge in [0.15, 0.2) is 5.76 Å². The van der Waals surface area contributed by atoms with Crippen LogP contribution in [0.4, 0.5) is 0 Å². The minimum Gasteiger partial charge on any atom is -0.492 e. The molecule has 1 N–H and O–H groups in total. The van der Waals surface area contributed by atoms with Gasteiger partial charge in [-0.3, -0.25) is 9.80 Å². The molecule has 5 heterocycles. The fourth-order valence-corrected chi connectivity index (χ4v) is 5.48. The van der Waals surface area contributed by atoms with Crippen LogP contribution < -0.4 is 0 Å². The lowest BCUT2D eigenvalue weighted by Gasteiger charge is -2.38. The smallest absolute Gasteiger partial charge is 0.230 e. The third-order valence-electron chi connectivity index (χ3n) is 6.02. The molecular formula is C24H23N5O3S. The molecule has 1 fully saturated rings. The van der Waals surface area contributed by atoms with Crippen molar-refractivity contribution in [2.24, 2.45) is 0 Å². The zero-order chi connectivity index (χ0) is 22.2. The molecule has 0 bridgehead atoms. The van der Waals surface area contributed by atoms with Crippen LogP contribution in [-0.2, 0) is 6.54 Å².